The van der Waals surface area contributed by atoms with Gasteiger partial charge in [-0.05, 0) is 59.3 Å². The van der Waals surface area contributed by atoms with Crippen molar-refractivity contribution in [2.75, 3.05) is 0 Å². The van der Waals surface area contributed by atoms with Gasteiger partial charge in [0.25, 0.3) is 6.71 Å². The van der Waals surface area contributed by atoms with E-state index in [1.165, 1.54) is 4.57 Å². The van der Waals surface area contributed by atoms with E-state index in [2.05, 4.69) is 0 Å². The Balaban J connectivity index is 1.40. The van der Waals surface area contributed by atoms with Gasteiger partial charge in [-0.1, -0.05) is 90.7 Å². The minimum absolute atomic E-state index is 0.115. The van der Waals surface area contributed by atoms with Crippen LogP contribution >= 0.6 is 0 Å². The Morgan fingerprint density at radius 1 is 0.468 bits per heavy atom. The summed E-state index contributed by atoms with van der Waals surface area (Å²) in [4.78, 5) is 0. The van der Waals surface area contributed by atoms with Crippen molar-refractivity contribution in [3.63, 3.8) is 0 Å². The zero-order valence-corrected chi connectivity index (χ0v) is 23.7. The summed E-state index contributed by atoms with van der Waals surface area (Å²) in [5, 5.41) is -0.803. The van der Waals surface area contributed by atoms with E-state index in [4.69, 9.17) is 27.3 Å². The number of para-hydroxylation sites is 5. The minimum atomic E-state index is -1.55. The first-order valence-electron chi connectivity index (χ1n) is 24.4. The van der Waals surface area contributed by atoms with E-state index in [0.29, 0.717) is 5.69 Å². The van der Waals surface area contributed by atoms with E-state index in [9.17, 15) is 9.60 Å². The highest BCUT2D eigenvalue weighted by Crippen LogP contribution is 2.44. The standard InChI is InChI=1S/C42H25BN2O2/c1-2-12-26(13-3-1)44-32-18-8-4-14-28(32)40-34(44)22-23-35-41(40)29-15-5-9-19-33(29)45(35)27-24-38-42-39(25-27)47-37-21-11-7-17-31(37)43(42)30-16-6-10-20-36(30)46-38/h1-25H/i4D,5D,6D,7D,8D,9D,10D,11D,14D,15D,16D,17D,18D,19D,20D,21D,22D,23D,24D,25D. The second kappa shape index (κ2) is 9.18. The van der Waals surface area contributed by atoms with Crippen LogP contribution in [0.4, 0.5) is 0 Å². The van der Waals surface area contributed by atoms with E-state index in [1.54, 1.807) is 30.3 Å². The van der Waals surface area contributed by atoms with Crippen LogP contribution in [0, 0.1) is 0 Å². The summed E-state index contributed by atoms with van der Waals surface area (Å²) in [5.74, 6) is -2.08. The van der Waals surface area contributed by atoms with E-state index in [0.717, 1.165) is 4.57 Å². The Hall–Kier alpha value is -6.20. The van der Waals surface area contributed by atoms with E-state index >= 15 is 0 Å². The molecule has 9 aromatic rings. The molecule has 2 aliphatic rings. The maximum atomic E-state index is 9.90. The Bertz CT molecular complexity index is 3790. The molecule has 2 aliphatic heterocycles. The summed E-state index contributed by atoms with van der Waals surface area (Å²) in [6.07, 6.45) is 0. The molecule has 4 heterocycles. The average molecular weight is 621 g/mol. The first-order valence-corrected chi connectivity index (χ1v) is 14.4. The second-order valence-corrected chi connectivity index (χ2v) is 10.9. The van der Waals surface area contributed by atoms with Crippen LogP contribution in [-0.2, 0) is 0 Å². The molecule has 47 heavy (non-hydrogen) atoms. The van der Waals surface area contributed by atoms with Crippen LogP contribution in [-0.4, -0.2) is 15.8 Å². The second-order valence-electron chi connectivity index (χ2n) is 10.9. The van der Waals surface area contributed by atoms with Crippen LogP contribution in [0.3, 0.4) is 0 Å². The fraction of sp³-hybridized carbons (Fsp3) is 0. The summed E-state index contributed by atoms with van der Waals surface area (Å²) >= 11 is 0. The summed E-state index contributed by atoms with van der Waals surface area (Å²) in [5.41, 5.74) is -2.15. The molecule has 218 valence electrons. The maximum Gasteiger partial charge on any atom is 0.260 e. The molecule has 0 amide bonds. The number of ether oxygens (including phenoxy) is 2. The molecule has 0 bridgehead atoms. The molecule has 5 heteroatoms. The third-order valence-electron chi connectivity index (χ3n) is 8.58. The number of hydrogen-bond donors (Lipinski definition) is 0. The third kappa shape index (κ3) is 3.32. The molecule has 7 aromatic carbocycles. The van der Waals surface area contributed by atoms with Crippen molar-refractivity contribution in [1.29, 1.82) is 0 Å². The monoisotopic (exact) mass is 620 g/mol. The molecular formula is C42H25BN2O2. The molecule has 0 saturated heterocycles. The summed E-state index contributed by atoms with van der Waals surface area (Å²) < 4.78 is 196. The number of rotatable bonds is 2. The average Bonchev–Trinajstić information content (AvgIpc) is 3.86. The fourth-order valence-corrected chi connectivity index (χ4v) is 6.74. The predicted octanol–water partition coefficient (Wildman–Crippen LogP) is 8.61. The number of nitrogens with zero attached hydrogens (tertiary/aromatic N) is 2. The highest BCUT2D eigenvalue weighted by molar-refractivity contribution is 6.98. The lowest BCUT2D eigenvalue weighted by molar-refractivity contribution is 0.464. The fourth-order valence-electron chi connectivity index (χ4n) is 6.74. The van der Waals surface area contributed by atoms with Gasteiger partial charge in [0.2, 0.25) is 0 Å². The predicted molar refractivity (Wildman–Crippen MR) is 193 cm³/mol. The highest BCUT2D eigenvalue weighted by Gasteiger charge is 2.40. The Kier molecular flexibility index (Phi) is 2.52. The topological polar surface area (TPSA) is 28.3 Å². The Morgan fingerprint density at radius 3 is 1.53 bits per heavy atom. The molecule has 2 aromatic heterocycles. The van der Waals surface area contributed by atoms with Gasteiger partial charge in [-0.3, -0.25) is 0 Å². The molecule has 0 N–H and O–H groups in total. The SMILES string of the molecule is [2H]c1c([2H])c([2H])c2c(c1[2H])Oc1c([2H])c(-n3c4c([2H])c([2H])c([2H])c([2H])c4c4c5c6c([2H])c([2H])c([2H])c([2H])c6n(-c6ccccc6)c5c([2H])c([2H])c43)c([2H])c3c1B2c1c([2H])c([2H])c([2H])c([2H])c1O3. The van der Waals surface area contributed by atoms with Gasteiger partial charge >= 0.3 is 0 Å². The van der Waals surface area contributed by atoms with Crippen molar-refractivity contribution in [2.45, 2.75) is 0 Å². The number of fused-ring (bicyclic) bond motifs is 11. The highest BCUT2D eigenvalue weighted by atomic mass is 16.5. The quantitative estimate of drug-likeness (QED) is 0.181. The van der Waals surface area contributed by atoms with Gasteiger partial charge in [0, 0.05) is 44.8 Å². The van der Waals surface area contributed by atoms with Crippen LogP contribution in [0.5, 0.6) is 23.0 Å². The van der Waals surface area contributed by atoms with Crippen molar-refractivity contribution < 1.29 is 36.9 Å². The van der Waals surface area contributed by atoms with Gasteiger partial charge in [-0.2, -0.15) is 0 Å². The largest absolute Gasteiger partial charge is 0.458 e. The summed E-state index contributed by atoms with van der Waals surface area (Å²) in [6.45, 7) is -1.55. The van der Waals surface area contributed by atoms with Crippen molar-refractivity contribution in [3.05, 3.63) is 151 Å². The van der Waals surface area contributed by atoms with Crippen LogP contribution in [0.25, 0.3) is 55.0 Å². The zero-order chi connectivity index (χ0) is 48.0. The van der Waals surface area contributed by atoms with Crippen LogP contribution in [0.1, 0.15) is 27.4 Å². The smallest absolute Gasteiger partial charge is 0.260 e. The van der Waals surface area contributed by atoms with Crippen LogP contribution in [0.2, 0.25) is 0 Å². The van der Waals surface area contributed by atoms with Gasteiger partial charge in [0.1, 0.15) is 23.0 Å². The zero-order valence-electron chi connectivity index (χ0n) is 43.7. The van der Waals surface area contributed by atoms with E-state index in [-0.39, 0.29) is 49.0 Å². The first-order chi connectivity index (χ1) is 31.7. The Morgan fingerprint density at radius 2 is 0.957 bits per heavy atom. The number of hydrogen-bond acceptors (Lipinski definition) is 2. The van der Waals surface area contributed by atoms with Crippen LogP contribution in [0.15, 0.2) is 151 Å². The van der Waals surface area contributed by atoms with Gasteiger partial charge < -0.3 is 18.6 Å². The minimum Gasteiger partial charge on any atom is -0.458 e. The van der Waals surface area contributed by atoms with Crippen LogP contribution < -0.4 is 25.9 Å². The molecule has 0 aliphatic carbocycles. The van der Waals surface area contributed by atoms with Crippen molar-refractivity contribution in [2.24, 2.45) is 0 Å². The molecule has 11 rings (SSSR count). The lowest BCUT2D eigenvalue weighted by Crippen LogP contribution is -2.57. The lowest BCUT2D eigenvalue weighted by atomic mass is 9.35. The molecule has 0 radical (unpaired) electrons. The summed E-state index contributed by atoms with van der Waals surface area (Å²) in [7, 11) is 0. The molecular weight excluding hydrogens is 575 g/mol. The molecule has 0 spiro atoms. The van der Waals surface area contributed by atoms with Crippen molar-refractivity contribution in [3.8, 4) is 34.4 Å². The third-order valence-corrected chi connectivity index (χ3v) is 8.58. The van der Waals surface area contributed by atoms with Gasteiger partial charge in [0.05, 0.1) is 55.2 Å². The van der Waals surface area contributed by atoms with Crippen molar-refractivity contribution in [1.82, 2.24) is 9.13 Å². The Labute approximate surface area is 298 Å². The summed E-state index contributed by atoms with van der Waals surface area (Å²) in [6, 6.07) is -5.48. The molecule has 4 nitrogen and oxygen atoms in total. The van der Waals surface area contributed by atoms with Gasteiger partial charge in [-0.15, -0.1) is 0 Å². The van der Waals surface area contributed by atoms with E-state index < -0.39 is 167 Å². The molecule has 0 atom stereocenters. The molecule has 0 saturated carbocycles. The maximum absolute atomic E-state index is 9.90. The van der Waals surface area contributed by atoms with Gasteiger partial charge in [-0.25, -0.2) is 0 Å². The molecule has 0 unspecified atom stereocenters. The first kappa shape index (κ1) is 12.9. The number of aromatic nitrogens is 2. The van der Waals surface area contributed by atoms with Crippen molar-refractivity contribution >= 4 is 66.7 Å². The normalized spacial score (nSPS) is 18.9. The number of benzene rings is 7. The molecule has 0 fully saturated rings. The van der Waals surface area contributed by atoms with E-state index in [1.807, 2.05) is 0 Å². The lowest BCUT2D eigenvalue weighted by Gasteiger charge is -2.33. The van der Waals surface area contributed by atoms with Gasteiger partial charge in [0.15, 0.2) is 0 Å².